The Hall–Kier alpha value is -2.05. The molecule has 0 spiro atoms. The van der Waals surface area contributed by atoms with Crippen LogP contribution < -0.4 is 4.74 Å². The van der Waals surface area contributed by atoms with Crippen LogP contribution in [0, 0.1) is 6.92 Å². The summed E-state index contributed by atoms with van der Waals surface area (Å²) in [7, 11) is -0.321. The second-order valence-electron chi connectivity index (χ2n) is 6.09. The van der Waals surface area contributed by atoms with E-state index in [0.29, 0.717) is 10.8 Å². The molecule has 2 aromatic rings. The molecular weight excluding hydrogens is 374 g/mol. The first-order valence-corrected chi connectivity index (χ1v) is 10.1. The molecule has 0 bridgehead atoms. The SMILES string of the molecule is COc1ccc(Cl)cc1CN(C)C(=O)CCS(=O)(=O)c1ccc(C)cc1. The number of aryl methyl sites for hydroxylation is 1. The number of hydrogen-bond acceptors (Lipinski definition) is 4. The lowest BCUT2D eigenvalue weighted by atomic mass is 10.2. The Morgan fingerprint density at radius 2 is 1.81 bits per heavy atom. The molecule has 2 aromatic carbocycles. The molecule has 5 nitrogen and oxygen atoms in total. The zero-order valence-corrected chi connectivity index (χ0v) is 16.6. The summed E-state index contributed by atoms with van der Waals surface area (Å²) in [5, 5.41) is 0.545. The molecule has 1 amide bonds. The van der Waals surface area contributed by atoms with Crippen molar-refractivity contribution in [3.8, 4) is 5.75 Å². The maximum absolute atomic E-state index is 12.4. The van der Waals surface area contributed by atoms with Crippen LogP contribution in [0.15, 0.2) is 47.4 Å². The van der Waals surface area contributed by atoms with E-state index in [4.69, 9.17) is 16.3 Å². The van der Waals surface area contributed by atoms with Crippen LogP contribution >= 0.6 is 11.6 Å². The van der Waals surface area contributed by atoms with Crippen LogP contribution in [0.25, 0.3) is 0 Å². The molecule has 7 heteroatoms. The summed E-state index contributed by atoms with van der Waals surface area (Å²) in [4.78, 5) is 14.1. The highest BCUT2D eigenvalue weighted by atomic mass is 35.5. The molecule has 0 aliphatic carbocycles. The number of ether oxygens (including phenoxy) is 1. The van der Waals surface area contributed by atoms with Crippen LogP contribution in [0.5, 0.6) is 5.75 Å². The van der Waals surface area contributed by atoms with E-state index in [1.54, 1.807) is 56.6 Å². The van der Waals surface area contributed by atoms with Crippen LogP contribution in [-0.4, -0.2) is 39.1 Å². The smallest absolute Gasteiger partial charge is 0.223 e. The van der Waals surface area contributed by atoms with Crippen LogP contribution in [-0.2, 0) is 21.2 Å². The third-order valence-corrected chi connectivity index (χ3v) is 6.01. The maximum Gasteiger partial charge on any atom is 0.223 e. The van der Waals surface area contributed by atoms with E-state index in [2.05, 4.69) is 0 Å². The zero-order valence-electron chi connectivity index (χ0n) is 15.0. The minimum absolute atomic E-state index is 0.0877. The number of amides is 1. The number of sulfone groups is 1. The Morgan fingerprint density at radius 3 is 2.42 bits per heavy atom. The molecular formula is C19H22ClNO4S. The minimum atomic E-state index is -3.49. The van der Waals surface area contributed by atoms with E-state index in [-0.39, 0.29) is 29.5 Å². The Bertz CT molecular complexity index is 879. The molecule has 2 rings (SSSR count). The molecule has 0 aliphatic heterocycles. The van der Waals surface area contributed by atoms with Gasteiger partial charge >= 0.3 is 0 Å². The molecule has 26 heavy (non-hydrogen) atoms. The van der Waals surface area contributed by atoms with Gasteiger partial charge in [-0.2, -0.15) is 0 Å². The Morgan fingerprint density at radius 1 is 1.15 bits per heavy atom. The fourth-order valence-electron chi connectivity index (χ4n) is 2.49. The molecule has 0 unspecified atom stereocenters. The molecule has 0 heterocycles. The van der Waals surface area contributed by atoms with Crippen molar-refractivity contribution in [2.75, 3.05) is 19.9 Å². The molecule has 0 atom stereocenters. The van der Waals surface area contributed by atoms with Gasteiger partial charge < -0.3 is 9.64 Å². The van der Waals surface area contributed by atoms with Gasteiger partial charge in [0, 0.05) is 30.6 Å². The summed E-state index contributed by atoms with van der Waals surface area (Å²) >= 11 is 6.00. The van der Waals surface area contributed by atoms with Crippen molar-refractivity contribution in [3.05, 3.63) is 58.6 Å². The molecule has 0 aliphatic rings. The second kappa shape index (κ2) is 8.56. The van der Waals surface area contributed by atoms with Crippen molar-refractivity contribution in [1.29, 1.82) is 0 Å². The Labute approximate surface area is 159 Å². The number of carbonyl (C=O) groups is 1. The van der Waals surface area contributed by atoms with Gasteiger partial charge in [-0.15, -0.1) is 0 Å². The summed E-state index contributed by atoms with van der Waals surface area (Å²) < 4.78 is 30.0. The first-order valence-electron chi connectivity index (χ1n) is 8.09. The molecule has 0 saturated heterocycles. The van der Waals surface area contributed by atoms with E-state index in [1.165, 1.54) is 4.90 Å². The van der Waals surface area contributed by atoms with E-state index in [9.17, 15) is 13.2 Å². The summed E-state index contributed by atoms with van der Waals surface area (Å²) in [6, 6.07) is 11.8. The van der Waals surface area contributed by atoms with Crippen LogP contribution in [0.4, 0.5) is 0 Å². The lowest BCUT2D eigenvalue weighted by Gasteiger charge is -2.19. The average Bonchev–Trinajstić information content (AvgIpc) is 2.60. The second-order valence-corrected chi connectivity index (χ2v) is 8.63. The Kier molecular flexibility index (Phi) is 6.67. The van der Waals surface area contributed by atoms with E-state index < -0.39 is 9.84 Å². The molecule has 0 saturated carbocycles. The summed E-state index contributed by atoms with van der Waals surface area (Å²) in [6.07, 6.45) is -0.0877. The van der Waals surface area contributed by atoms with Crippen molar-refractivity contribution in [2.24, 2.45) is 0 Å². The molecule has 0 radical (unpaired) electrons. The van der Waals surface area contributed by atoms with Crippen molar-refractivity contribution < 1.29 is 17.9 Å². The number of benzene rings is 2. The van der Waals surface area contributed by atoms with Crippen LogP contribution in [0.3, 0.4) is 0 Å². The van der Waals surface area contributed by atoms with Gasteiger partial charge in [-0.3, -0.25) is 4.79 Å². The van der Waals surface area contributed by atoms with E-state index in [1.807, 2.05) is 6.92 Å². The number of carbonyl (C=O) groups excluding carboxylic acids is 1. The average molecular weight is 396 g/mol. The minimum Gasteiger partial charge on any atom is -0.496 e. The topological polar surface area (TPSA) is 63.7 Å². The third-order valence-electron chi connectivity index (χ3n) is 4.04. The Balaban J connectivity index is 2.01. The first-order chi connectivity index (χ1) is 12.2. The van der Waals surface area contributed by atoms with Gasteiger partial charge in [0.1, 0.15) is 5.75 Å². The molecule has 0 fully saturated rings. The van der Waals surface area contributed by atoms with E-state index >= 15 is 0 Å². The zero-order chi connectivity index (χ0) is 19.3. The third kappa shape index (κ3) is 5.22. The van der Waals surface area contributed by atoms with Crippen LogP contribution in [0.2, 0.25) is 5.02 Å². The lowest BCUT2D eigenvalue weighted by molar-refractivity contribution is -0.130. The van der Waals surface area contributed by atoms with Gasteiger partial charge in [-0.05, 0) is 37.3 Å². The highest BCUT2D eigenvalue weighted by molar-refractivity contribution is 7.91. The number of nitrogens with zero attached hydrogens (tertiary/aromatic N) is 1. The number of hydrogen-bond donors (Lipinski definition) is 0. The van der Waals surface area contributed by atoms with Crippen molar-refractivity contribution in [2.45, 2.75) is 24.8 Å². The normalized spacial score (nSPS) is 11.2. The standard InChI is InChI=1S/C19H22ClNO4S/c1-14-4-7-17(8-5-14)26(23,24)11-10-19(22)21(2)13-15-12-16(20)6-9-18(15)25-3/h4-9,12H,10-11,13H2,1-3H3. The van der Waals surface area contributed by atoms with Crippen molar-refractivity contribution in [1.82, 2.24) is 4.90 Å². The number of rotatable bonds is 7. The fraction of sp³-hybridized carbons (Fsp3) is 0.316. The van der Waals surface area contributed by atoms with Gasteiger partial charge in [0.2, 0.25) is 5.91 Å². The summed E-state index contributed by atoms with van der Waals surface area (Å²) in [5.74, 6) is 0.135. The van der Waals surface area contributed by atoms with Gasteiger partial charge in [0.05, 0.1) is 17.8 Å². The lowest BCUT2D eigenvalue weighted by Crippen LogP contribution is -2.28. The van der Waals surface area contributed by atoms with Crippen LogP contribution in [0.1, 0.15) is 17.5 Å². The first kappa shape index (κ1) is 20.3. The highest BCUT2D eigenvalue weighted by Gasteiger charge is 2.19. The molecule has 0 N–H and O–H groups in total. The summed E-state index contributed by atoms with van der Waals surface area (Å²) in [5.41, 5.74) is 1.74. The fourth-order valence-corrected chi connectivity index (χ4v) is 3.91. The van der Waals surface area contributed by atoms with Gasteiger partial charge in [-0.25, -0.2) is 8.42 Å². The number of halogens is 1. The van der Waals surface area contributed by atoms with Crippen molar-refractivity contribution in [3.63, 3.8) is 0 Å². The highest BCUT2D eigenvalue weighted by Crippen LogP contribution is 2.24. The molecule has 140 valence electrons. The maximum atomic E-state index is 12.4. The number of methoxy groups -OCH3 is 1. The monoisotopic (exact) mass is 395 g/mol. The predicted molar refractivity (Wildman–Crippen MR) is 102 cm³/mol. The largest absolute Gasteiger partial charge is 0.496 e. The summed E-state index contributed by atoms with van der Waals surface area (Å²) in [6.45, 7) is 2.17. The van der Waals surface area contributed by atoms with Gasteiger partial charge in [0.15, 0.2) is 9.84 Å². The quantitative estimate of drug-likeness (QED) is 0.720. The molecule has 0 aromatic heterocycles. The van der Waals surface area contributed by atoms with Crippen molar-refractivity contribution >= 4 is 27.3 Å². The van der Waals surface area contributed by atoms with Gasteiger partial charge in [0.25, 0.3) is 0 Å². The van der Waals surface area contributed by atoms with E-state index in [0.717, 1.165) is 11.1 Å². The van der Waals surface area contributed by atoms with Gasteiger partial charge in [-0.1, -0.05) is 29.3 Å². The predicted octanol–water partition coefficient (Wildman–Crippen LogP) is 3.48.